The first kappa shape index (κ1) is 14.1. The second kappa shape index (κ2) is 5.82. The summed E-state index contributed by atoms with van der Waals surface area (Å²) >= 11 is 0. The monoisotopic (exact) mass is 218 g/mol. The first-order valence-electron chi connectivity index (χ1n) is 4.78. The smallest absolute Gasteiger partial charge is 0.308 e. The number of ether oxygens (including phenoxy) is 1. The van der Waals surface area contributed by atoms with Gasteiger partial charge in [0.05, 0.1) is 12.5 Å². The van der Waals surface area contributed by atoms with Gasteiger partial charge in [-0.25, -0.2) is 0 Å². The van der Waals surface area contributed by atoms with Crippen molar-refractivity contribution < 1.29 is 24.5 Å². The summed E-state index contributed by atoms with van der Waals surface area (Å²) < 4.78 is 4.95. The average molecular weight is 218 g/mol. The number of rotatable bonds is 5. The summed E-state index contributed by atoms with van der Waals surface area (Å²) in [6.07, 6.45) is -2.34. The van der Waals surface area contributed by atoms with Crippen molar-refractivity contribution in [1.82, 2.24) is 0 Å². The predicted octanol–water partition coefficient (Wildman–Crippen LogP) is 0.0290. The molecule has 0 saturated carbocycles. The van der Waals surface area contributed by atoms with Crippen molar-refractivity contribution in [2.75, 3.05) is 0 Å². The highest BCUT2D eigenvalue weighted by Crippen LogP contribution is 2.10. The van der Waals surface area contributed by atoms with E-state index in [0.29, 0.717) is 6.29 Å². The molecule has 0 radical (unpaired) electrons. The minimum Gasteiger partial charge on any atom is -0.460 e. The minimum atomic E-state index is -1.23. The van der Waals surface area contributed by atoms with Crippen LogP contribution >= 0.6 is 0 Å². The van der Waals surface area contributed by atoms with Crippen molar-refractivity contribution in [3.05, 3.63) is 0 Å². The average Bonchev–Trinajstić information content (AvgIpc) is 1.99. The zero-order valence-electron chi connectivity index (χ0n) is 9.27. The zero-order valence-corrected chi connectivity index (χ0v) is 9.27. The molecule has 0 bridgehead atoms. The zero-order chi connectivity index (χ0) is 12.1. The summed E-state index contributed by atoms with van der Waals surface area (Å²) in [7, 11) is 0. The molecule has 0 aliphatic heterocycles. The van der Waals surface area contributed by atoms with Gasteiger partial charge in [0, 0.05) is 6.42 Å². The Morgan fingerprint density at radius 3 is 2.33 bits per heavy atom. The first-order chi connectivity index (χ1) is 6.74. The Morgan fingerprint density at radius 2 is 1.93 bits per heavy atom. The van der Waals surface area contributed by atoms with E-state index in [9.17, 15) is 14.7 Å². The molecular formula is C10H18O5. The number of hydrogen-bond acceptors (Lipinski definition) is 5. The first-order valence-corrected chi connectivity index (χ1v) is 4.78. The van der Waals surface area contributed by atoms with Crippen LogP contribution in [0, 0.1) is 0 Å². The van der Waals surface area contributed by atoms with Gasteiger partial charge in [-0.1, -0.05) is 0 Å². The van der Waals surface area contributed by atoms with Crippen molar-refractivity contribution in [2.24, 2.45) is 0 Å². The Balaban J connectivity index is 3.91. The van der Waals surface area contributed by atoms with Gasteiger partial charge in [-0.05, 0) is 20.8 Å². The van der Waals surface area contributed by atoms with E-state index >= 15 is 0 Å². The molecule has 0 rings (SSSR count). The number of carbonyl (C=O) groups excluding carboxylic acids is 2. The molecule has 2 unspecified atom stereocenters. The van der Waals surface area contributed by atoms with Crippen LogP contribution in [-0.4, -0.2) is 40.3 Å². The van der Waals surface area contributed by atoms with Gasteiger partial charge in [0.1, 0.15) is 18.0 Å². The van der Waals surface area contributed by atoms with Crippen LogP contribution in [0.5, 0.6) is 0 Å². The lowest BCUT2D eigenvalue weighted by Crippen LogP contribution is -2.28. The number of carbonyl (C=O) groups is 2. The highest BCUT2D eigenvalue weighted by Gasteiger charge is 2.20. The van der Waals surface area contributed by atoms with E-state index in [2.05, 4.69) is 0 Å². The van der Waals surface area contributed by atoms with Crippen LogP contribution in [-0.2, 0) is 14.3 Å². The molecule has 0 saturated heterocycles. The maximum atomic E-state index is 11.2. The van der Waals surface area contributed by atoms with E-state index in [1.807, 2.05) is 0 Å². The van der Waals surface area contributed by atoms with Gasteiger partial charge in [0.15, 0.2) is 0 Å². The fourth-order valence-electron chi connectivity index (χ4n) is 0.993. The van der Waals surface area contributed by atoms with E-state index in [4.69, 9.17) is 9.84 Å². The summed E-state index contributed by atoms with van der Waals surface area (Å²) in [6, 6.07) is 0. The summed E-state index contributed by atoms with van der Waals surface area (Å²) in [5.74, 6) is -0.548. The van der Waals surface area contributed by atoms with Gasteiger partial charge in [-0.3, -0.25) is 4.79 Å². The summed E-state index contributed by atoms with van der Waals surface area (Å²) in [4.78, 5) is 21.3. The van der Waals surface area contributed by atoms with Crippen LogP contribution < -0.4 is 0 Å². The van der Waals surface area contributed by atoms with Crippen LogP contribution in [0.4, 0.5) is 0 Å². The van der Waals surface area contributed by atoms with Crippen LogP contribution in [0.15, 0.2) is 0 Å². The summed E-state index contributed by atoms with van der Waals surface area (Å²) in [5, 5.41) is 18.2. The van der Waals surface area contributed by atoms with Gasteiger partial charge >= 0.3 is 5.97 Å². The molecule has 0 aliphatic carbocycles. The Kier molecular flexibility index (Phi) is 5.46. The molecule has 0 aromatic rings. The number of aldehydes is 1. The lowest BCUT2D eigenvalue weighted by Gasteiger charge is -2.20. The predicted molar refractivity (Wildman–Crippen MR) is 53.2 cm³/mol. The van der Waals surface area contributed by atoms with Crippen molar-refractivity contribution in [2.45, 2.75) is 51.4 Å². The normalized spacial score (nSPS) is 15.5. The van der Waals surface area contributed by atoms with Gasteiger partial charge in [-0.15, -0.1) is 0 Å². The quantitative estimate of drug-likeness (QED) is 0.502. The second-order valence-electron chi connectivity index (χ2n) is 4.38. The number of hydrogen-bond donors (Lipinski definition) is 2. The molecule has 0 aromatic carbocycles. The maximum Gasteiger partial charge on any atom is 0.308 e. The van der Waals surface area contributed by atoms with Gasteiger partial charge < -0.3 is 19.7 Å². The Labute approximate surface area is 89.0 Å². The third kappa shape index (κ3) is 8.08. The molecule has 5 heteroatoms. The number of aliphatic hydroxyl groups is 2. The fraction of sp³-hybridized carbons (Fsp3) is 0.800. The molecule has 0 aliphatic rings. The van der Waals surface area contributed by atoms with Gasteiger partial charge in [0.2, 0.25) is 0 Å². The maximum absolute atomic E-state index is 11.2. The Morgan fingerprint density at radius 1 is 1.40 bits per heavy atom. The Bertz CT molecular complexity index is 218. The minimum absolute atomic E-state index is 0.150. The van der Waals surface area contributed by atoms with Crippen LogP contribution in [0.2, 0.25) is 0 Å². The van der Waals surface area contributed by atoms with E-state index in [1.54, 1.807) is 20.8 Å². The number of esters is 1. The largest absolute Gasteiger partial charge is 0.460 e. The van der Waals surface area contributed by atoms with E-state index in [0.717, 1.165) is 0 Å². The molecule has 0 aromatic heterocycles. The number of aliphatic hydroxyl groups excluding tert-OH is 2. The lowest BCUT2D eigenvalue weighted by molar-refractivity contribution is -0.157. The third-order valence-electron chi connectivity index (χ3n) is 1.49. The molecule has 2 N–H and O–H groups in total. The van der Waals surface area contributed by atoms with E-state index in [1.165, 1.54) is 0 Å². The molecule has 15 heavy (non-hydrogen) atoms. The topological polar surface area (TPSA) is 83.8 Å². The molecule has 0 fully saturated rings. The fourth-order valence-corrected chi connectivity index (χ4v) is 0.993. The summed E-state index contributed by atoms with van der Waals surface area (Å²) in [5.41, 5.74) is -0.597. The van der Waals surface area contributed by atoms with Crippen LogP contribution in [0.1, 0.15) is 33.6 Å². The molecule has 0 amide bonds. The van der Waals surface area contributed by atoms with Crippen molar-refractivity contribution >= 4 is 12.3 Å². The second-order valence-corrected chi connectivity index (χ2v) is 4.38. The molecule has 88 valence electrons. The van der Waals surface area contributed by atoms with Gasteiger partial charge in [-0.2, -0.15) is 0 Å². The van der Waals surface area contributed by atoms with Crippen molar-refractivity contribution in [3.8, 4) is 0 Å². The summed E-state index contributed by atoms with van der Waals surface area (Å²) in [6.45, 7) is 5.16. The molecular weight excluding hydrogens is 200 g/mol. The van der Waals surface area contributed by atoms with Crippen LogP contribution in [0.25, 0.3) is 0 Å². The van der Waals surface area contributed by atoms with Gasteiger partial charge in [0.25, 0.3) is 0 Å². The van der Waals surface area contributed by atoms with Crippen molar-refractivity contribution in [3.63, 3.8) is 0 Å². The van der Waals surface area contributed by atoms with E-state index in [-0.39, 0.29) is 12.8 Å². The Hall–Kier alpha value is -0.940. The third-order valence-corrected chi connectivity index (χ3v) is 1.49. The molecule has 0 heterocycles. The van der Waals surface area contributed by atoms with E-state index < -0.39 is 23.8 Å². The standard InChI is InChI=1S/C10H18O5/c1-10(2,3)15-9(14)5-7(12)4-8(13)6-11/h6-8,12-13H,4-5H2,1-3H3. The SMILES string of the molecule is CC(C)(C)OC(=O)CC(O)CC(O)C=O. The highest BCUT2D eigenvalue weighted by molar-refractivity contribution is 5.70. The molecule has 2 atom stereocenters. The molecule has 5 nitrogen and oxygen atoms in total. The van der Waals surface area contributed by atoms with Crippen molar-refractivity contribution in [1.29, 1.82) is 0 Å². The highest BCUT2D eigenvalue weighted by atomic mass is 16.6. The molecule has 0 spiro atoms. The lowest BCUT2D eigenvalue weighted by atomic mass is 10.1. The van der Waals surface area contributed by atoms with Crippen LogP contribution in [0.3, 0.4) is 0 Å².